The van der Waals surface area contributed by atoms with Crippen LogP contribution >= 0.6 is 0 Å². The number of anilines is 1. The summed E-state index contributed by atoms with van der Waals surface area (Å²) in [6, 6.07) is 2.31. The van der Waals surface area contributed by atoms with E-state index >= 15 is 0 Å². The molecule has 0 radical (unpaired) electrons. The van der Waals surface area contributed by atoms with Gasteiger partial charge in [-0.15, -0.1) is 0 Å². The van der Waals surface area contributed by atoms with Gasteiger partial charge < -0.3 is 10.1 Å². The molecule has 1 fully saturated rings. The predicted octanol–water partition coefficient (Wildman–Crippen LogP) is 3.50. The third-order valence-corrected chi connectivity index (χ3v) is 4.02. The Labute approximate surface area is 116 Å². The Balaban J connectivity index is 1.91. The number of ether oxygens (including phenoxy) is 1. The van der Waals surface area contributed by atoms with Crippen molar-refractivity contribution < 1.29 is 4.74 Å². The largest absolute Gasteiger partial charge is 0.478 e. The molecule has 1 N–H and O–H groups in total. The second kappa shape index (κ2) is 6.73. The van der Waals surface area contributed by atoms with Crippen molar-refractivity contribution in [2.24, 2.45) is 11.8 Å². The monoisotopic (exact) mass is 263 g/mol. The fourth-order valence-corrected chi connectivity index (χ4v) is 2.56. The summed E-state index contributed by atoms with van der Waals surface area (Å²) in [5.74, 6) is 2.96. The van der Waals surface area contributed by atoms with Gasteiger partial charge >= 0.3 is 0 Å². The molecule has 19 heavy (non-hydrogen) atoms. The van der Waals surface area contributed by atoms with E-state index in [1.165, 1.54) is 19.3 Å². The molecule has 0 aromatic carbocycles. The maximum absolute atomic E-state index is 5.53. The van der Waals surface area contributed by atoms with Crippen molar-refractivity contribution in [2.45, 2.75) is 52.5 Å². The fraction of sp³-hybridized carbons (Fsp3) is 0.733. The van der Waals surface area contributed by atoms with E-state index in [9.17, 15) is 0 Å². The van der Waals surface area contributed by atoms with Crippen LogP contribution in [0.5, 0.6) is 5.88 Å². The fourth-order valence-electron chi connectivity index (χ4n) is 2.56. The number of aromatic nitrogens is 2. The van der Waals surface area contributed by atoms with E-state index in [1.54, 1.807) is 6.20 Å². The Morgan fingerprint density at radius 2 is 2.16 bits per heavy atom. The molecule has 1 heterocycles. The zero-order valence-corrected chi connectivity index (χ0v) is 12.2. The summed E-state index contributed by atoms with van der Waals surface area (Å²) in [7, 11) is 0. The molecule has 1 saturated carbocycles. The van der Waals surface area contributed by atoms with Crippen molar-refractivity contribution in [3.05, 3.63) is 12.3 Å². The second-order valence-electron chi connectivity index (χ2n) is 5.68. The minimum absolute atomic E-state index is 0.493. The average molecular weight is 263 g/mol. The molecular formula is C15H25N3O. The molecule has 3 atom stereocenters. The van der Waals surface area contributed by atoms with Crippen LogP contribution in [0.15, 0.2) is 12.3 Å². The van der Waals surface area contributed by atoms with E-state index in [4.69, 9.17) is 4.74 Å². The van der Waals surface area contributed by atoms with Gasteiger partial charge in [-0.2, -0.15) is 4.98 Å². The van der Waals surface area contributed by atoms with Crippen LogP contribution in [0.4, 0.5) is 5.95 Å². The molecule has 2 rings (SSSR count). The average Bonchev–Trinajstić information content (AvgIpc) is 2.41. The number of hydrogen-bond acceptors (Lipinski definition) is 4. The number of rotatable bonds is 5. The van der Waals surface area contributed by atoms with Crippen molar-refractivity contribution in [3.63, 3.8) is 0 Å². The third kappa shape index (κ3) is 4.08. The van der Waals surface area contributed by atoms with Crippen molar-refractivity contribution in [2.75, 3.05) is 11.9 Å². The first kappa shape index (κ1) is 14.1. The predicted molar refractivity (Wildman–Crippen MR) is 77.4 cm³/mol. The maximum Gasteiger partial charge on any atom is 0.226 e. The molecular weight excluding hydrogens is 238 g/mol. The van der Waals surface area contributed by atoms with Crippen LogP contribution in [0, 0.1) is 11.8 Å². The Kier molecular flexibility index (Phi) is 5.00. The van der Waals surface area contributed by atoms with Crippen LogP contribution in [-0.4, -0.2) is 22.6 Å². The molecule has 0 spiro atoms. The first-order valence-corrected chi connectivity index (χ1v) is 7.41. The van der Waals surface area contributed by atoms with E-state index in [-0.39, 0.29) is 0 Å². The van der Waals surface area contributed by atoms with E-state index in [2.05, 4.69) is 36.1 Å². The summed E-state index contributed by atoms with van der Waals surface area (Å²) in [6.45, 7) is 7.47. The summed E-state index contributed by atoms with van der Waals surface area (Å²) in [6.07, 6.45) is 6.43. The highest BCUT2D eigenvalue weighted by atomic mass is 16.5. The van der Waals surface area contributed by atoms with Gasteiger partial charge in [0.05, 0.1) is 6.61 Å². The number of nitrogens with zero attached hydrogens (tertiary/aromatic N) is 2. The summed E-state index contributed by atoms with van der Waals surface area (Å²) in [5.41, 5.74) is 0. The van der Waals surface area contributed by atoms with Gasteiger partial charge in [-0.25, -0.2) is 4.98 Å². The highest BCUT2D eigenvalue weighted by Crippen LogP contribution is 2.30. The molecule has 4 heteroatoms. The molecule has 0 saturated heterocycles. The van der Waals surface area contributed by atoms with Gasteiger partial charge in [0, 0.05) is 18.3 Å². The summed E-state index contributed by atoms with van der Waals surface area (Å²) in [4.78, 5) is 8.69. The van der Waals surface area contributed by atoms with Gasteiger partial charge in [-0.05, 0) is 37.5 Å². The van der Waals surface area contributed by atoms with E-state index in [0.717, 1.165) is 18.3 Å². The SMILES string of the molecule is CCCOc1ccnc(NC2CCC(C)C(C)C2)n1. The van der Waals surface area contributed by atoms with Crippen LogP contribution in [0.3, 0.4) is 0 Å². The van der Waals surface area contributed by atoms with E-state index in [1.807, 2.05) is 6.07 Å². The van der Waals surface area contributed by atoms with Crippen LogP contribution in [0.1, 0.15) is 46.5 Å². The molecule has 0 bridgehead atoms. The van der Waals surface area contributed by atoms with Crippen LogP contribution < -0.4 is 10.1 Å². The molecule has 1 aromatic rings. The summed E-state index contributed by atoms with van der Waals surface area (Å²) in [5, 5.41) is 3.45. The highest BCUT2D eigenvalue weighted by molar-refractivity contribution is 5.29. The Bertz CT molecular complexity index is 397. The smallest absolute Gasteiger partial charge is 0.226 e. The third-order valence-electron chi connectivity index (χ3n) is 4.02. The minimum atomic E-state index is 0.493. The summed E-state index contributed by atoms with van der Waals surface area (Å²) < 4.78 is 5.53. The van der Waals surface area contributed by atoms with Crippen LogP contribution in [0.2, 0.25) is 0 Å². The van der Waals surface area contributed by atoms with Gasteiger partial charge in [0.2, 0.25) is 11.8 Å². The Morgan fingerprint density at radius 1 is 1.32 bits per heavy atom. The normalized spacial score (nSPS) is 27.0. The van der Waals surface area contributed by atoms with E-state index in [0.29, 0.717) is 24.5 Å². The zero-order valence-electron chi connectivity index (χ0n) is 12.2. The highest BCUT2D eigenvalue weighted by Gasteiger charge is 2.24. The van der Waals surface area contributed by atoms with Gasteiger partial charge in [-0.1, -0.05) is 20.8 Å². The van der Waals surface area contributed by atoms with Gasteiger partial charge in [-0.3, -0.25) is 0 Å². The van der Waals surface area contributed by atoms with Crippen molar-refractivity contribution >= 4 is 5.95 Å². The first-order valence-electron chi connectivity index (χ1n) is 7.41. The molecule has 4 nitrogen and oxygen atoms in total. The van der Waals surface area contributed by atoms with Gasteiger partial charge in [0.15, 0.2) is 0 Å². The number of hydrogen-bond donors (Lipinski definition) is 1. The molecule has 1 aromatic heterocycles. The molecule has 106 valence electrons. The minimum Gasteiger partial charge on any atom is -0.478 e. The molecule has 1 aliphatic carbocycles. The molecule has 1 aliphatic rings. The lowest BCUT2D eigenvalue weighted by Crippen LogP contribution is -2.31. The molecule has 0 amide bonds. The first-order chi connectivity index (χ1) is 9.19. The van der Waals surface area contributed by atoms with Gasteiger partial charge in [0.25, 0.3) is 0 Å². The zero-order chi connectivity index (χ0) is 13.7. The van der Waals surface area contributed by atoms with Gasteiger partial charge in [0.1, 0.15) is 0 Å². The topological polar surface area (TPSA) is 47.0 Å². The second-order valence-corrected chi connectivity index (χ2v) is 5.68. The van der Waals surface area contributed by atoms with Crippen LogP contribution in [-0.2, 0) is 0 Å². The lowest BCUT2D eigenvalue weighted by molar-refractivity contribution is 0.260. The molecule has 0 aliphatic heterocycles. The maximum atomic E-state index is 5.53. The summed E-state index contributed by atoms with van der Waals surface area (Å²) >= 11 is 0. The Morgan fingerprint density at radius 3 is 2.89 bits per heavy atom. The van der Waals surface area contributed by atoms with Crippen LogP contribution in [0.25, 0.3) is 0 Å². The standard InChI is InChI=1S/C15H25N3O/c1-4-9-19-14-7-8-16-15(18-14)17-13-6-5-11(2)12(3)10-13/h7-8,11-13H,4-6,9-10H2,1-3H3,(H,16,17,18). The lowest BCUT2D eigenvalue weighted by Gasteiger charge is -2.32. The molecule has 3 unspecified atom stereocenters. The van der Waals surface area contributed by atoms with Crippen molar-refractivity contribution in [1.29, 1.82) is 0 Å². The van der Waals surface area contributed by atoms with E-state index < -0.39 is 0 Å². The van der Waals surface area contributed by atoms with Crippen molar-refractivity contribution in [3.8, 4) is 5.88 Å². The number of nitrogens with one attached hydrogen (secondary N) is 1. The quantitative estimate of drug-likeness (QED) is 0.883. The van der Waals surface area contributed by atoms with Crippen molar-refractivity contribution in [1.82, 2.24) is 9.97 Å². The lowest BCUT2D eigenvalue weighted by atomic mass is 9.79. The Hall–Kier alpha value is -1.32.